The Morgan fingerprint density at radius 3 is 2.76 bits per heavy atom. The van der Waals surface area contributed by atoms with Crippen molar-refractivity contribution in [1.29, 1.82) is 0 Å². The second-order valence-corrected chi connectivity index (χ2v) is 5.60. The van der Waals surface area contributed by atoms with Crippen molar-refractivity contribution in [3.8, 4) is 5.75 Å². The van der Waals surface area contributed by atoms with Crippen molar-refractivity contribution < 1.29 is 9.52 Å². The van der Waals surface area contributed by atoms with Crippen molar-refractivity contribution in [2.24, 2.45) is 16.1 Å². The molecule has 0 spiro atoms. The molecule has 1 saturated carbocycles. The van der Waals surface area contributed by atoms with Crippen LogP contribution >= 0.6 is 0 Å². The minimum absolute atomic E-state index is 0.240. The molecule has 2 aromatic rings. The Labute approximate surface area is 124 Å². The molecule has 1 aliphatic rings. The van der Waals surface area contributed by atoms with Crippen LogP contribution in [0.1, 0.15) is 45.3 Å². The number of phenols is 1. The first-order chi connectivity index (χ1) is 10.2. The van der Waals surface area contributed by atoms with Gasteiger partial charge in [0.2, 0.25) is 0 Å². The average Bonchev–Trinajstić information content (AvgIpc) is 2.86. The Morgan fingerprint density at radius 1 is 1.33 bits per heavy atom. The highest BCUT2D eigenvalue weighted by molar-refractivity contribution is 6.04. The molecule has 0 aliphatic heterocycles. The van der Waals surface area contributed by atoms with Gasteiger partial charge < -0.3 is 9.52 Å². The highest BCUT2D eigenvalue weighted by Gasteiger charge is 2.27. The van der Waals surface area contributed by atoms with Crippen LogP contribution < -0.4 is 0 Å². The Morgan fingerprint density at radius 2 is 2.14 bits per heavy atom. The summed E-state index contributed by atoms with van der Waals surface area (Å²) in [5, 5.41) is 19.4. The molecule has 1 fully saturated rings. The molecule has 0 amide bonds. The van der Waals surface area contributed by atoms with E-state index < -0.39 is 0 Å². The second kappa shape index (κ2) is 5.72. The van der Waals surface area contributed by atoms with Crippen LogP contribution in [0.4, 0.5) is 0 Å². The number of rotatable bonds is 4. The van der Waals surface area contributed by atoms with Crippen LogP contribution in [0.2, 0.25) is 0 Å². The van der Waals surface area contributed by atoms with E-state index in [1.807, 2.05) is 19.1 Å². The van der Waals surface area contributed by atoms with E-state index >= 15 is 0 Å². The Balaban J connectivity index is 2.04. The summed E-state index contributed by atoms with van der Waals surface area (Å²) < 4.78 is 5.87. The van der Waals surface area contributed by atoms with Gasteiger partial charge in [-0.05, 0) is 44.4 Å². The number of aromatic hydroxyl groups is 1. The minimum atomic E-state index is 0.240. The van der Waals surface area contributed by atoms with E-state index in [0.717, 1.165) is 41.8 Å². The third-order valence-electron chi connectivity index (χ3n) is 4.12. The third-order valence-corrected chi connectivity index (χ3v) is 4.12. The molecule has 1 heterocycles. The fraction of sp³-hybridized carbons (Fsp3) is 0.412. The lowest BCUT2D eigenvalue weighted by molar-refractivity contribution is 0.407. The summed E-state index contributed by atoms with van der Waals surface area (Å²) in [5.41, 5.74) is 2.60. The molecular formula is C17H20N2O2. The van der Waals surface area contributed by atoms with Gasteiger partial charge in [-0.1, -0.05) is 19.4 Å². The van der Waals surface area contributed by atoms with Crippen molar-refractivity contribution in [2.45, 2.75) is 39.5 Å². The molecule has 21 heavy (non-hydrogen) atoms. The summed E-state index contributed by atoms with van der Waals surface area (Å²) in [6.07, 6.45) is 4.37. The summed E-state index contributed by atoms with van der Waals surface area (Å²) in [6.45, 7) is 4.04. The van der Waals surface area contributed by atoms with Crippen molar-refractivity contribution in [3.63, 3.8) is 0 Å². The molecular weight excluding hydrogens is 264 g/mol. The molecule has 0 atom stereocenters. The number of furan rings is 1. The zero-order valence-corrected chi connectivity index (χ0v) is 12.5. The van der Waals surface area contributed by atoms with Crippen LogP contribution in [0.3, 0.4) is 0 Å². The summed E-state index contributed by atoms with van der Waals surface area (Å²) in [7, 11) is 0. The first kappa shape index (κ1) is 13.9. The Kier molecular flexibility index (Phi) is 3.78. The molecule has 4 heteroatoms. The number of hydrogen-bond acceptors (Lipinski definition) is 4. The molecule has 0 bridgehead atoms. The van der Waals surface area contributed by atoms with Gasteiger partial charge in [-0.25, -0.2) is 0 Å². The fourth-order valence-corrected chi connectivity index (χ4v) is 2.40. The smallest absolute Gasteiger partial charge is 0.151 e. The first-order valence-electron chi connectivity index (χ1n) is 7.52. The molecule has 0 radical (unpaired) electrons. The molecule has 1 N–H and O–H groups in total. The highest BCUT2D eigenvalue weighted by Crippen LogP contribution is 2.34. The highest BCUT2D eigenvalue weighted by atomic mass is 16.3. The third kappa shape index (κ3) is 2.71. The van der Waals surface area contributed by atoms with Gasteiger partial charge >= 0.3 is 0 Å². The zero-order valence-electron chi connectivity index (χ0n) is 12.5. The van der Waals surface area contributed by atoms with Gasteiger partial charge in [-0.3, -0.25) is 0 Å². The lowest BCUT2D eigenvalue weighted by atomic mass is 9.81. The summed E-state index contributed by atoms with van der Waals surface area (Å²) in [6, 6.07) is 7.18. The lowest BCUT2D eigenvalue weighted by Crippen LogP contribution is -2.22. The molecule has 110 valence electrons. The van der Waals surface area contributed by atoms with E-state index in [4.69, 9.17) is 4.42 Å². The number of hydrogen-bond donors (Lipinski definition) is 1. The van der Waals surface area contributed by atoms with Crippen LogP contribution in [-0.4, -0.2) is 16.5 Å². The summed E-state index contributed by atoms with van der Waals surface area (Å²) in [4.78, 5) is 0. The van der Waals surface area contributed by atoms with Gasteiger partial charge in [0.15, 0.2) is 5.76 Å². The van der Waals surface area contributed by atoms with Crippen molar-refractivity contribution in [3.05, 3.63) is 30.0 Å². The maximum absolute atomic E-state index is 9.90. The van der Waals surface area contributed by atoms with Gasteiger partial charge in [0.1, 0.15) is 17.0 Å². The number of fused-ring (bicyclic) bond motifs is 1. The van der Waals surface area contributed by atoms with E-state index in [1.54, 1.807) is 12.1 Å². The van der Waals surface area contributed by atoms with Crippen molar-refractivity contribution >= 4 is 22.4 Å². The normalized spacial score (nSPS) is 17.2. The first-order valence-corrected chi connectivity index (χ1v) is 7.52. The molecule has 1 aromatic heterocycles. The Bertz CT molecular complexity index is 709. The van der Waals surface area contributed by atoms with E-state index in [1.165, 1.54) is 6.42 Å². The van der Waals surface area contributed by atoms with Crippen LogP contribution in [0.5, 0.6) is 5.75 Å². The van der Waals surface area contributed by atoms with Gasteiger partial charge in [-0.2, -0.15) is 10.2 Å². The predicted octanol–water partition coefficient (Wildman–Crippen LogP) is 4.51. The largest absolute Gasteiger partial charge is 0.507 e. The van der Waals surface area contributed by atoms with Crippen LogP contribution in [0, 0.1) is 5.92 Å². The monoisotopic (exact) mass is 284 g/mol. The van der Waals surface area contributed by atoms with E-state index in [9.17, 15) is 5.11 Å². The number of benzene rings is 1. The molecule has 0 unspecified atom stereocenters. The molecule has 1 aliphatic carbocycles. The minimum Gasteiger partial charge on any atom is -0.507 e. The quantitative estimate of drug-likeness (QED) is 0.663. The Hall–Kier alpha value is -2.10. The predicted molar refractivity (Wildman–Crippen MR) is 85.2 cm³/mol. The van der Waals surface area contributed by atoms with Gasteiger partial charge in [0, 0.05) is 11.6 Å². The SMILES string of the molecule is CC/C(C)=N/N=C(/c1cc2c(O)cccc2o1)C1CCC1. The molecule has 3 rings (SSSR count). The second-order valence-electron chi connectivity index (χ2n) is 5.60. The van der Waals surface area contributed by atoms with Crippen LogP contribution in [0.25, 0.3) is 11.0 Å². The topological polar surface area (TPSA) is 58.1 Å². The summed E-state index contributed by atoms with van der Waals surface area (Å²) >= 11 is 0. The van der Waals surface area contributed by atoms with Crippen molar-refractivity contribution in [1.82, 2.24) is 0 Å². The van der Waals surface area contributed by atoms with Crippen molar-refractivity contribution in [2.75, 3.05) is 0 Å². The number of nitrogens with zero attached hydrogens (tertiary/aromatic N) is 2. The van der Waals surface area contributed by atoms with E-state index in [0.29, 0.717) is 11.5 Å². The number of phenolic OH excluding ortho intramolecular Hbond substituents is 1. The maximum Gasteiger partial charge on any atom is 0.151 e. The van der Waals surface area contributed by atoms with Gasteiger partial charge in [0.25, 0.3) is 0 Å². The summed E-state index contributed by atoms with van der Waals surface area (Å²) in [5.74, 6) is 1.38. The average molecular weight is 284 g/mol. The molecule has 4 nitrogen and oxygen atoms in total. The van der Waals surface area contributed by atoms with Gasteiger partial charge in [-0.15, -0.1) is 0 Å². The van der Waals surface area contributed by atoms with Gasteiger partial charge in [0.05, 0.1) is 5.39 Å². The molecule has 0 saturated heterocycles. The van der Waals surface area contributed by atoms with Crippen LogP contribution in [0.15, 0.2) is 38.9 Å². The molecule has 1 aromatic carbocycles. The van der Waals surface area contributed by atoms with E-state index in [2.05, 4.69) is 17.1 Å². The lowest BCUT2D eigenvalue weighted by Gasteiger charge is -2.25. The zero-order chi connectivity index (χ0) is 14.8. The van der Waals surface area contributed by atoms with Crippen LogP contribution in [-0.2, 0) is 0 Å². The van der Waals surface area contributed by atoms with E-state index in [-0.39, 0.29) is 5.75 Å². The fourth-order valence-electron chi connectivity index (χ4n) is 2.40. The maximum atomic E-state index is 9.90. The standard InChI is InChI=1S/C17H20N2O2/c1-3-11(2)18-19-17(12-6-4-7-12)16-10-13-14(20)8-5-9-15(13)21-16/h5,8-10,12,20H,3-4,6-7H2,1-2H3/b18-11+,19-17+.